The van der Waals surface area contributed by atoms with Gasteiger partial charge in [-0.25, -0.2) is 0 Å². The monoisotopic (exact) mass is 347 g/mol. The fourth-order valence-corrected chi connectivity index (χ4v) is 3.37. The number of thiophene rings is 1. The molecule has 110 valence electrons. The Kier molecular flexibility index (Phi) is 9.78. The zero-order valence-electron chi connectivity index (χ0n) is 12.1. The van der Waals surface area contributed by atoms with Gasteiger partial charge < -0.3 is 10.1 Å². The van der Waals surface area contributed by atoms with Crippen LogP contribution < -0.4 is 5.32 Å². The van der Waals surface area contributed by atoms with Gasteiger partial charge in [0.25, 0.3) is 0 Å². The Morgan fingerprint density at radius 2 is 2.26 bits per heavy atom. The molecule has 0 aliphatic carbocycles. The molecule has 1 aromatic heterocycles. The van der Waals surface area contributed by atoms with E-state index in [1.165, 1.54) is 35.0 Å². The molecule has 1 aromatic rings. The molecular formula is C15H26BrNOS. The molecule has 0 bridgehead atoms. The van der Waals surface area contributed by atoms with E-state index in [9.17, 15) is 0 Å². The van der Waals surface area contributed by atoms with Crippen LogP contribution in [0.25, 0.3) is 0 Å². The quantitative estimate of drug-likeness (QED) is 0.578. The van der Waals surface area contributed by atoms with Crippen LogP contribution >= 0.6 is 27.3 Å². The summed E-state index contributed by atoms with van der Waals surface area (Å²) in [6.45, 7) is 8.11. The number of hydrogen-bond acceptors (Lipinski definition) is 3. The van der Waals surface area contributed by atoms with Crippen molar-refractivity contribution >= 4 is 27.3 Å². The van der Waals surface area contributed by atoms with Crippen molar-refractivity contribution in [1.82, 2.24) is 5.32 Å². The van der Waals surface area contributed by atoms with Gasteiger partial charge in [-0.05, 0) is 34.3 Å². The largest absolute Gasteiger partial charge is 0.380 e. The molecule has 0 aliphatic rings. The highest BCUT2D eigenvalue weighted by molar-refractivity contribution is 9.10. The highest BCUT2D eigenvalue weighted by atomic mass is 79.9. The molecule has 0 saturated heterocycles. The summed E-state index contributed by atoms with van der Waals surface area (Å²) in [6.07, 6.45) is 5.15. The average molecular weight is 348 g/mol. The molecule has 0 aromatic carbocycles. The molecule has 19 heavy (non-hydrogen) atoms. The second-order valence-corrected chi connectivity index (χ2v) is 6.81. The third kappa shape index (κ3) is 8.08. The third-order valence-electron chi connectivity index (χ3n) is 3.24. The number of halogens is 1. The minimum atomic E-state index is 0.744. The minimum absolute atomic E-state index is 0.744. The average Bonchev–Trinajstić information content (AvgIpc) is 2.83. The van der Waals surface area contributed by atoms with Gasteiger partial charge in [0.1, 0.15) is 0 Å². The van der Waals surface area contributed by atoms with Crippen molar-refractivity contribution in [3.05, 3.63) is 20.8 Å². The molecule has 1 N–H and O–H groups in total. The SMILES string of the molecule is CCCCC(CC)COCCNCc1cc(Br)cs1. The number of rotatable bonds is 11. The fraction of sp³-hybridized carbons (Fsp3) is 0.733. The van der Waals surface area contributed by atoms with E-state index in [1.54, 1.807) is 11.3 Å². The van der Waals surface area contributed by atoms with E-state index < -0.39 is 0 Å². The van der Waals surface area contributed by atoms with Crippen molar-refractivity contribution in [3.8, 4) is 0 Å². The lowest BCUT2D eigenvalue weighted by atomic mass is 10.0. The Morgan fingerprint density at radius 1 is 1.42 bits per heavy atom. The molecule has 1 heterocycles. The van der Waals surface area contributed by atoms with Crippen molar-refractivity contribution < 1.29 is 4.74 Å². The van der Waals surface area contributed by atoms with Crippen molar-refractivity contribution in [2.75, 3.05) is 19.8 Å². The third-order valence-corrected chi connectivity index (χ3v) is 4.94. The number of unbranched alkanes of at least 4 members (excludes halogenated alkanes) is 1. The summed E-state index contributed by atoms with van der Waals surface area (Å²) in [5, 5.41) is 5.53. The van der Waals surface area contributed by atoms with Crippen molar-refractivity contribution in [2.45, 2.75) is 46.1 Å². The Hall–Kier alpha value is 0.1000. The van der Waals surface area contributed by atoms with E-state index in [0.29, 0.717) is 0 Å². The van der Waals surface area contributed by atoms with Crippen LogP contribution in [0, 0.1) is 5.92 Å². The molecule has 0 amide bonds. The summed E-state index contributed by atoms with van der Waals surface area (Å²) in [4.78, 5) is 1.36. The smallest absolute Gasteiger partial charge is 0.0591 e. The zero-order chi connectivity index (χ0) is 13.9. The molecule has 1 unspecified atom stereocenters. The number of ether oxygens (including phenoxy) is 1. The predicted octanol–water partition coefficient (Wildman–Crippen LogP) is 4.83. The minimum Gasteiger partial charge on any atom is -0.380 e. The molecule has 4 heteroatoms. The van der Waals surface area contributed by atoms with Crippen LogP contribution in [0.1, 0.15) is 44.4 Å². The first-order valence-corrected chi connectivity index (χ1v) is 8.94. The van der Waals surface area contributed by atoms with Crippen LogP contribution in [0.5, 0.6) is 0 Å². The van der Waals surface area contributed by atoms with Crippen LogP contribution in [0.15, 0.2) is 15.9 Å². The van der Waals surface area contributed by atoms with Crippen LogP contribution in [-0.4, -0.2) is 19.8 Å². The number of hydrogen-bond donors (Lipinski definition) is 1. The molecule has 1 rings (SSSR count). The maximum atomic E-state index is 5.76. The second kappa shape index (κ2) is 10.8. The first-order valence-electron chi connectivity index (χ1n) is 7.27. The Bertz CT molecular complexity index is 330. The predicted molar refractivity (Wildman–Crippen MR) is 87.9 cm³/mol. The first-order chi connectivity index (χ1) is 9.26. The van der Waals surface area contributed by atoms with Gasteiger partial charge >= 0.3 is 0 Å². The van der Waals surface area contributed by atoms with Gasteiger partial charge in [-0.1, -0.05) is 33.1 Å². The van der Waals surface area contributed by atoms with Gasteiger partial charge in [-0.15, -0.1) is 11.3 Å². The van der Waals surface area contributed by atoms with Crippen molar-refractivity contribution in [2.24, 2.45) is 5.92 Å². The lowest BCUT2D eigenvalue weighted by molar-refractivity contribution is 0.0956. The van der Waals surface area contributed by atoms with Crippen molar-refractivity contribution in [3.63, 3.8) is 0 Å². The fourth-order valence-electron chi connectivity index (χ4n) is 1.95. The molecule has 0 saturated carbocycles. The highest BCUT2D eigenvalue weighted by Gasteiger charge is 2.05. The van der Waals surface area contributed by atoms with Gasteiger partial charge in [-0.2, -0.15) is 0 Å². The van der Waals surface area contributed by atoms with E-state index in [0.717, 1.165) is 32.2 Å². The lowest BCUT2D eigenvalue weighted by Gasteiger charge is -2.14. The van der Waals surface area contributed by atoms with Gasteiger partial charge in [0.15, 0.2) is 0 Å². The maximum Gasteiger partial charge on any atom is 0.0591 e. The second-order valence-electron chi connectivity index (χ2n) is 4.90. The maximum absolute atomic E-state index is 5.76. The summed E-state index contributed by atoms with van der Waals surface area (Å²) in [5.74, 6) is 0.744. The summed E-state index contributed by atoms with van der Waals surface area (Å²) >= 11 is 5.25. The summed E-state index contributed by atoms with van der Waals surface area (Å²) < 4.78 is 6.93. The van der Waals surface area contributed by atoms with E-state index >= 15 is 0 Å². The Morgan fingerprint density at radius 3 is 2.89 bits per heavy atom. The highest BCUT2D eigenvalue weighted by Crippen LogP contribution is 2.19. The number of nitrogens with one attached hydrogen (secondary N) is 1. The van der Waals surface area contributed by atoms with E-state index in [1.807, 2.05) is 0 Å². The van der Waals surface area contributed by atoms with Gasteiger partial charge in [0, 0.05) is 34.4 Å². The normalized spacial score (nSPS) is 12.8. The molecule has 0 spiro atoms. The molecule has 2 nitrogen and oxygen atoms in total. The van der Waals surface area contributed by atoms with E-state index in [4.69, 9.17) is 4.74 Å². The van der Waals surface area contributed by atoms with E-state index in [-0.39, 0.29) is 0 Å². The van der Waals surface area contributed by atoms with Crippen LogP contribution in [0.3, 0.4) is 0 Å². The van der Waals surface area contributed by atoms with Crippen LogP contribution in [-0.2, 0) is 11.3 Å². The summed E-state index contributed by atoms with van der Waals surface area (Å²) in [6, 6.07) is 2.16. The topological polar surface area (TPSA) is 21.3 Å². The standard InChI is InChI=1S/C15H26BrNOS/c1-3-5-6-13(4-2)11-18-8-7-17-10-15-9-14(16)12-19-15/h9,12-13,17H,3-8,10-11H2,1-2H3. The molecular weight excluding hydrogens is 322 g/mol. The van der Waals surface area contributed by atoms with Crippen LogP contribution in [0.2, 0.25) is 0 Å². The van der Waals surface area contributed by atoms with Gasteiger partial charge in [-0.3, -0.25) is 0 Å². The molecule has 0 radical (unpaired) electrons. The molecule has 1 atom stereocenters. The molecule has 0 aliphatic heterocycles. The van der Waals surface area contributed by atoms with Crippen molar-refractivity contribution in [1.29, 1.82) is 0 Å². The Labute approximate surface area is 130 Å². The van der Waals surface area contributed by atoms with E-state index in [2.05, 4.69) is 46.5 Å². The summed E-state index contributed by atoms with van der Waals surface area (Å²) in [7, 11) is 0. The van der Waals surface area contributed by atoms with Gasteiger partial charge in [0.2, 0.25) is 0 Å². The van der Waals surface area contributed by atoms with Gasteiger partial charge in [0.05, 0.1) is 6.61 Å². The Balaban J connectivity index is 1.98. The molecule has 0 fully saturated rings. The zero-order valence-corrected chi connectivity index (χ0v) is 14.5. The van der Waals surface area contributed by atoms with Crippen LogP contribution in [0.4, 0.5) is 0 Å². The first kappa shape index (κ1) is 17.2. The summed E-state index contributed by atoms with van der Waals surface area (Å²) in [5.41, 5.74) is 0. The lowest BCUT2D eigenvalue weighted by Crippen LogP contribution is -2.20.